The summed E-state index contributed by atoms with van der Waals surface area (Å²) >= 11 is 0. The second-order valence-electron chi connectivity index (χ2n) is 10.9. The van der Waals surface area contributed by atoms with E-state index < -0.39 is 0 Å². The second-order valence-corrected chi connectivity index (χ2v) is 10.9. The van der Waals surface area contributed by atoms with Gasteiger partial charge in [-0.15, -0.1) is 0 Å². The summed E-state index contributed by atoms with van der Waals surface area (Å²) in [6.07, 6.45) is 3.44. The highest BCUT2D eigenvalue weighted by Crippen LogP contribution is 2.29. The third kappa shape index (κ3) is 7.73. The summed E-state index contributed by atoms with van der Waals surface area (Å²) in [4.78, 5) is 14.1. The molecular formula is C32H40N6O3. The van der Waals surface area contributed by atoms with Crippen LogP contribution in [0.1, 0.15) is 37.8 Å². The number of nitrogens with one attached hydrogen (secondary N) is 1. The number of aromatic nitrogens is 2. The van der Waals surface area contributed by atoms with Gasteiger partial charge in [0.1, 0.15) is 30.3 Å². The van der Waals surface area contributed by atoms with E-state index in [1.165, 1.54) is 0 Å². The van der Waals surface area contributed by atoms with Crippen LogP contribution in [0.3, 0.4) is 0 Å². The first-order valence-corrected chi connectivity index (χ1v) is 14.6. The average Bonchev–Trinajstić information content (AvgIpc) is 3.00. The normalized spacial score (nSPS) is 16.9. The van der Waals surface area contributed by atoms with E-state index in [0.29, 0.717) is 43.1 Å². The summed E-state index contributed by atoms with van der Waals surface area (Å²) in [5, 5.41) is 13.1. The number of hydrogen-bond acceptors (Lipinski definition) is 9. The van der Waals surface area contributed by atoms with Gasteiger partial charge in [0.15, 0.2) is 0 Å². The summed E-state index contributed by atoms with van der Waals surface area (Å²) in [5.41, 5.74) is 3.98. The van der Waals surface area contributed by atoms with Gasteiger partial charge < -0.3 is 19.5 Å². The topological polar surface area (TPSA) is 95.8 Å². The Morgan fingerprint density at radius 1 is 1.05 bits per heavy atom. The monoisotopic (exact) mass is 556 g/mol. The third-order valence-electron chi connectivity index (χ3n) is 7.76. The molecule has 5 rings (SSSR count). The number of rotatable bonds is 10. The third-order valence-corrected chi connectivity index (χ3v) is 7.76. The molecule has 9 nitrogen and oxygen atoms in total. The van der Waals surface area contributed by atoms with E-state index in [9.17, 15) is 5.26 Å². The Bertz CT molecular complexity index is 1340. The summed E-state index contributed by atoms with van der Waals surface area (Å²) in [6, 6.07) is 16.4. The summed E-state index contributed by atoms with van der Waals surface area (Å²) in [6.45, 7) is 13.9. The SMILES string of the molecule is Cc1ccc(Nc2nccc(-c3ccc(OC4CCOCC4)c(C#N)c3)n2)cc1OCCN1CCN(C(C)C)CC1. The van der Waals surface area contributed by atoms with Crippen molar-refractivity contribution in [2.75, 3.05) is 57.9 Å². The molecule has 3 aromatic rings. The molecule has 0 saturated carbocycles. The van der Waals surface area contributed by atoms with E-state index in [2.05, 4.69) is 46.9 Å². The lowest BCUT2D eigenvalue weighted by Crippen LogP contribution is -2.49. The minimum atomic E-state index is 0.0698. The maximum Gasteiger partial charge on any atom is 0.227 e. The van der Waals surface area contributed by atoms with Crippen molar-refractivity contribution < 1.29 is 14.2 Å². The van der Waals surface area contributed by atoms with E-state index in [1.807, 2.05) is 42.5 Å². The second kappa shape index (κ2) is 13.8. The Kier molecular flexibility index (Phi) is 9.67. The standard InChI is InChI=1S/C32H40N6O3/c1-23(2)38-14-12-37(13-15-38)16-19-40-31-21-27(6-4-24(31)3)35-32-34-11-8-29(36-32)25-5-7-30(26(20-25)22-33)41-28-9-17-39-18-10-28/h4-8,11,20-21,23,28H,9-10,12-19H2,1-3H3,(H,34,35,36). The van der Waals surface area contributed by atoms with Crippen LogP contribution in [-0.2, 0) is 4.74 Å². The number of hydrogen-bond donors (Lipinski definition) is 1. The number of piperazine rings is 1. The lowest BCUT2D eigenvalue weighted by Gasteiger charge is -2.36. The zero-order chi connectivity index (χ0) is 28.6. The predicted molar refractivity (Wildman–Crippen MR) is 160 cm³/mol. The van der Waals surface area contributed by atoms with Gasteiger partial charge in [-0.1, -0.05) is 6.07 Å². The van der Waals surface area contributed by atoms with Crippen molar-refractivity contribution in [1.29, 1.82) is 5.26 Å². The van der Waals surface area contributed by atoms with Crippen molar-refractivity contribution in [2.24, 2.45) is 0 Å². The molecule has 0 bridgehead atoms. The van der Waals surface area contributed by atoms with Crippen molar-refractivity contribution >= 4 is 11.6 Å². The molecule has 0 spiro atoms. The number of benzene rings is 2. The zero-order valence-electron chi connectivity index (χ0n) is 24.3. The first-order valence-electron chi connectivity index (χ1n) is 14.6. The fourth-order valence-electron chi connectivity index (χ4n) is 5.18. The Balaban J connectivity index is 1.20. The molecule has 0 radical (unpaired) electrons. The van der Waals surface area contributed by atoms with Crippen LogP contribution in [0.15, 0.2) is 48.7 Å². The van der Waals surface area contributed by atoms with E-state index in [0.717, 1.165) is 73.8 Å². The fraction of sp³-hybridized carbons (Fsp3) is 0.469. The number of anilines is 2. The van der Waals surface area contributed by atoms with Gasteiger partial charge in [-0.3, -0.25) is 9.80 Å². The number of aryl methyl sites for hydroxylation is 1. The Morgan fingerprint density at radius 3 is 2.61 bits per heavy atom. The maximum absolute atomic E-state index is 9.77. The Morgan fingerprint density at radius 2 is 1.85 bits per heavy atom. The van der Waals surface area contributed by atoms with Gasteiger partial charge in [-0.05, 0) is 56.7 Å². The maximum atomic E-state index is 9.77. The molecule has 1 N–H and O–H groups in total. The molecule has 0 amide bonds. The van der Waals surface area contributed by atoms with Crippen LogP contribution >= 0.6 is 0 Å². The van der Waals surface area contributed by atoms with Crippen molar-refractivity contribution in [3.05, 3.63) is 59.8 Å². The van der Waals surface area contributed by atoms with Gasteiger partial charge in [0.25, 0.3) is 0 Å². The zero-order valence-corrected chi connectivity index (χ0v) is 24.3. The van der Waals surface area contributed by atoms with E-state index in [-0.39, 0.29) is 6.10 Å². The summed E-state index contributed by atoms with van der Waals surface area (Å²) in [5.74, 6) is 1.92. The molecule has 216 valence electrons. The molecule has 41 heavy (non-hydrogen) atoms. The van der Waals surface area contributed by atoms with Gasteiger partial charge in [-0.2, -0.15) is 5.26 Å². The van der Waals surface area contributed by atoms with Gasteiger partial charge in [0.05, 0.1) is 24.5 Å². The van der Waals surface area contributed by atoms with Crippen LogP contribution < -0.4 is 14.8 Å². The van der Waals surface area contributed by atoms with Crippen LogP contribution in [0.25, 0.3) is 11.3 Å². The highest BCUT2D eigenvalue weighted by atomic mass is 16.5. The number of ether oxygens (including phenoxy) is 3. The quantitative estimate of drug-likeness (QED) is 0.369. The van der Waals surface area contributed by atoms with Crippen molar-refractivity contribution in [3.63, 3.8) is 0 Å². The molecule has 0 aliphatic carbocycles. The van der Waals surface area contributed by atoms with E-state index in [4.69, 9.17) is 19.2 Å². The van der Waals surface area contributed by atoms with Crippen LogP contribution in [0.5, 0.6) is 11.5 Å². The van der Waals surface area contributed by atoms with Gasteiger partial charge in [-0.25, -0.2) is 9.97 Å². The first kappa shape index (κ1) is 28.8. The molecule has 2 aromatic carbocycles. The van der Waals surface area contributed by atoms with Crippen LogP contribution in [-0.4, -0.2) is 84.5 Å². The van der Waals surface area contributed by atoms with Crippen LogP contribution in [0.2, 0.25) is 0 Å². The molecule has 2 aliphatic rings. The Hall–Kier alpha value is -3.71. The molecule has 3 heterocycles. The highest BCUT2D eigenvalue weighted by molar-refractivity contribution is 5.66. The predicted octanol–water partition coefficient (Wildman–Crippen LogP) is 5.03. The molecule has 0 atom stereocenters. The van der Waals surface area contributed by atoms with E-state index in [1.54, 1.807) is 6.20 Å². The smallest absolute Gasteiger partial charge is 0.227 e. The number of nitriles is 1. The van der Waals surface area contributed by atoms with Crippen LogP contribution in [0.4, 0.5) is 11.6 Å². The number of nitrogens with zero attached hydrogens (tertiary/aromatic N) is 5. The minimum absolute atomic E-state index is 0.0698. The van der Waals surface area contributed by atoms with Gasteiger partial charge in [0.2, 0.25) is 5.95 Å². The Labute approximate surface area is 243 Å². The molecule has 0 unspecified atom stereocenters. The van der Waals surface area contributed by atoms with Gasteiger partial charge >= 0.3 is 0 Å². The molecule has 2 fully saturated rings. The summed E-state index contributed by atoms with van der Waals surface area (Å²) in [7, 11) is 0. The van der Waals surface area contributed by atoms with Crippen molar-refractivity contribution in [1.82, 2.24) is 19.8 Å². The van der Waals surface area contributed by atoms with E-state index >= 15 is 0 Å². The molecule has 9 heteroatoms. The largest absolute Gasteiger partial charge is 0.492 e. The summed E-state index contributed by atoms with van der Waals surface area (Å²) < 4.78 is 17.7. The molecular weight excluding hydrogens is 516 g/mol. The van der Waals surface area contributed by atoms with Crippen LogP contribution in [0, 0.1) is 18.3 Å². The first-order chi connectivity index (χ1) is 20.0. The minimum Gasteiger partial charge on any atom is -0.492 e. The lowest BCUT2D eigenvalue weighted by molar-refractivity contribution is 0.0254. The van der Waals surface area contributed by atoms with Crippen molar-refractivity contribution in [3.8, 4) is 28.8 Å². The lowest BCUT2D eigenvalue weighted by atomic mass is 10.1. The average molecular weight is 557 g/mol. The fourth-order valence-corrected chi connectivity index (χ4v) is 5.18. The molecule has 2 saturated heterocycles. The highest BCUT2D eigenvalue weighted by Gasteiger charge is 2.19. The van der Waals surface area contributed by atoms with Crippen molar-refractivity contribution in [2.45, 2.75) is 45.8 Å². The van der Waals surface area contributed by atoms with Gasteiger partial charge in [0, 0.05) is 75.1 Å². The molecule has 2 aliphatic heterocycles. The molecule has 1 aromatic heterocycles.